The predicted molar refractivity (Wildman–Crippen MR) is 111 cm³/mol. The molecular formula is C21H17BrF2N2O6. The van der Waals surface area contributed by atoms with E-state index in [9.17, 15) is 13.6 Å². The Hall–Kier alpha value is -3.47. The van der Waals surface area contributed by atoms with Crippen molar-refractivity contribution in [2.75, 3.05) is 14.2 Å². The number of benzene rings is 2. The lowest BCUT2D eigenvalue weighted by Gasteiger charge is -2.13. The molecule has 0 unspecified atom stereocenters. The molecule has 0 aliphatic rings. The fourth-order valence-electron chi connectivity index (χ4n) is 2.47. The first-order valence-electron chi connectivity index (χ1n) is 9.00. The fourth-order valence-corrected chi connectivity index (χ4v) is 2.85. The van der Waals surface area contributed by atoms with Gasteiger partial charge in [-0.3, -0.25) is 0 Å². The highest BCUT2D eigenvalue weighted by Gasteiger charge is 2.42. The van der Waals surface area contributed by atoms with Crippen LogP contribution in [-0.4, -0.2) is 30.3 Å². The molecule has 3 aromatic rings. The molecule has 0 N–H and O–H groups in total. The van der Waals surface area contributed by atoms with Crippen LogP contribution in [-0.2, 0) is 20.4 Å². The van der Waals surface area contributed by atoms with E-state index in [2.05, 4.69) is 30.8 Å². The maximum Gasteiger partial charge on any atom is 0.482 e. The summed E-state index contributed by atoms with van der Waals surface area (Å²) < 4.78 is 54.0. The highest BCUT2D eigenvalue weighted by molar-refractivity contribution is 9.10. The van der Waals surface area contributed by atoms with Crippen molar-refractivity contribution in [1.29, 1.82) is 0 Å². The lowest BCUT2D eigenvalue weighted by atomic mass is 10.1. The van der Waals surface area contributed by atoms with E-state index < -0.39 is 18.0 Å². The van der Waals surface area contributed by atoms with Crippen LogP contribution >= 0.6 is 15.9 Å². The first kappa shape index (κ1) is 23.2. The fraction of sp³-hybridized carbons (Fsp3) is 0.190. The number of nitrogens with zero attached hydrogens (tertiary/aromatic N) is 2. The highest BCUT2D eigenvalue weighted by Crippen LogP contribution is 2.33. The first-order valence-corrected chi connectivity index (χ1v) is 9.79. The van der Waals surface area contributed by atoms with Crippen molar-refractivity contribution in [2.45, 2.75) is 13.0 Å². The van der Waals surface area contributed by atoms with Crippen molar-refractivity contribution in [3.63, 3.8) is 0 Å². The summed E-state index contributed by atoms with van der Waals surface area (Å²) in [4.78, 5) is 15.6. The Balaban J connectivity index is 1.86. The van der Waals surface area contributed by atoms with Gasteiger partial charge in [0.1, 0.15) is 17.8 Å². The Morgan fingerprint density at radius 1 is 1.19 bits per heavy atom. The molecule has 1 heterocycles. The van der Waals surface area contributed by atoms with Crippen LogP contribution in [0.3, 0.4) is 0 Å². The van der Waals surface area contributed by atoms with Crippen molar-refractivity contribution in [3.05, 3.63) is 70.4 Å². The minimum absolute atomic E-state index is 0.0876. The molecule has 32 heavy (non-hydrogen) atoms. The molecule has 0 saturated heterocycles. The minimum atomic E-state index is -3.87. The lowest BCUT2D eigenvalue weighted by Crippen LogP contribution is -2.22. The van der Waals surface area contributed by atoms with E-state index in [1.54, 1.807) is 31.2 Å². The van der Waals surface area contributed by atoms with E-state index >= 15 is 0 Å². The number of carbonyl (C=O) groups is 1. The third kappa shape index (κ3) is 5.41. The normalized spacial score (nSPS) is 11.8. The molecule has 0 saturated carbocycles. The van der Waals surface area contributed by atoms with Crippen molar-refractivity contribution >= 4 is 21.9 Å². The van der Waals surface area contributed by atoms with E-state index in [-0.39, 0.29) is 23.1 Å². The third-order valence-corrected chi connectivity index (χ3v) is 4.49. The standard InChI is InChI=1S/C21H17BrF2N2O6/c1-12-7-8-13(9-16(12)30-17(11-28-2)19(27)29-3)18-25-20(32-26-18)21(23,24)31-15-6-4-5-14(22)10-15/h4-11H,1-3H3/b17-11-. The largest absolute Gasteiger partial charge is 0.500 e. The SMILES string of the molecule is CO/C=C(\Oc1cc(-c2noc(C(F)(F)Oc3cccc(Br)c3)n2)ccc1C)C(=O)OC. The van der Waals surface area contributed by atoms with E-state index in [0.717, 1.165) is 6.26 Å². The van der Waals surface area contributed by atoms with Crippen LogP contribution in [0.2, 0.25) is 0 Å². The molecule has 1 aromatic heterocycles. The van der Waals surface area contributed by atoms with Crippen molar-refractivity contribution in [3.8, 4) is 22.9 Å². The average molecular weight is 511 g/mol. The number of alkyl halides is 2. The van der Waals surface area contributed by atoms with Gasteiger partial charge in [-0.25, -0.2) is 4.79 Å². The number of halogens is 3. The summed E-state index contributed by atoms with van der Waals surface area (Å²) >= 11 is 3.18. The zero-order valence-corrected chi connectivity index (χ0v) is 18.7. The van der Waals surface area contributed by atoms with Gasteiger partial charge in [0.25, 0.3) is 0 Å². The summed E-state index contributed by atoms with van der Waals surface area (Å²) in [6.45, 7) is 1.72. The zero-order chi connectivity index (χ0) is 23.3. The van der Waals surface area contributed by atoms with Crippen LogP contribution in [0.15, 0.2) is 63.5 Å². The van der Waals surface area contributed by atoms with Crippen LogP contribution in [0.5, 0.6) is 11.5 Å². The van der Waals surface area contributed by atoms with Crippen LogP contribution < -0.4 is 9.47 Å². The molecule has 0 aliphatic heterocycles. The molecular weight excluding hydrogens is 494 g/mol. The first-order chi connectivity index (χ1) is 15.2. The quantitative estimate of drug-likeness (QED) is 0.238. The molecule has 0 spiro atoms. The second-order valence-electron chi connectivity index (χ2n) is 6.29. The van der Waals surface area contributed by atoms with Gasteiger partial charge < -0.3 is 23.5 Å². The maximum atomic E-state index is 14.5. The van der Waals surface area contributed by atoms with Gasteiger partial charge in [0.05, 0.1) is 14.2 Å². The smallest absolute Gasteiger partial charge is 0.482 e. The predicted octanol–water partition coefficient (Wildman–Crippen LogP) is 4.98. The number of aromatic nitrogens is 2. The Kier molecular flexibility index (Phi) is 7.08. The van der Waals surface area contributed by atoms with Gasteiger partial charge in [0.2, 0.25) is 11.6 Å². The number of aryl methyl sites for hydroxylation is 1. The van der Waals surface area contributed by atoms with Gasteiger partial charge in [0.15, 0.2) is 0 Å². The van der Waals surface area contributed by atoms with Crippen molar-refractivity contribution in [1.82, 2.24) is 10.1 Å². The van der Waals surface area contributed by atoms with Crippen LogP contribution in [0, 0.1) is 6.92 Å². The van der Waals surface area contributed by atoms with E-state index in [4.69, 9.17) is 18.7 Å². The molecule has 0 aliphatic carbocycles. The van der Waals surface area contributed by atoms with Crippen LogP contribution in [0.1, 0.15) is 11.5 Å². The highest BCUT2D eigenvalue weighted by atomic mass is 79.9. The van der Waals surface area contributed by atoms with Gasteiger partial charge in [-0.1, -0.05) is 39.3 Å². The molecule has 0 radical (unpaired) electrons. The zero-order valence-electron chi connectivity index (χ0n) is 17.1. The van der Waals surface area contributed by atoms with E-state index in [0.29, 0.717) is 15.6 Å². The third-order valence-electron chi connectivity index (χ3n) is 3.99. The number of esters is 1. The van der Waals surface area contributed by atoms with Crippen molar-refractivity contribution < 1.29 is 37.0 Å². The van der Waals surface area contributed by atoms with Gasteiger partial charge >= 0.3 is 18.0 Å². The number of hydrogen-bond acceptors (Lipinski definition) is 8. The maximum absolute atomic E-state index is 14.5. The molecule has 0 bridgehead atoms. The monoisotopic (exact) mass is 510 g/mol. The van der Waals surface area contributed by atoms with Gasteiger partial charge in [-0.2, -0.15) is 13.8 Å². The second-order valence-corrected chi connectivity index (χ2v) is 7.21. The lowest BCUT2D eigenvalue weighted by molar-refractivity contribution is -0.204. The number of carbonyl (C=O) groups excluding carboxylic acids is 1. The molecule has 0 fully saturated rings. The molecule has 0 atom stereocenters. The molecule has 168 valence electrons. The van der Waals surface area contributed by atoms with E-state index in [1.165, 1.54) is 32.4 Å². The van der Waals surface area contributed by atoms with Crippen LogP contribution in [0.4, 0.5) is 8.78 Å². The number of rotatable bonds is 8. The summed E-state index contributed by atoms with van der Waals surface area (Å²) in [5.74, 6) is -1.97. The van der Waals surface area contributed by atoms with Gasteiger partial charge in [-0.15, -0.1) is 0 Å². The number of hydrogen-bond donors (Lipinski definition) is 0. The number of ether oxygens (including phenoxy) is 4. The Morgan fingerprint density at radius 3 is 2.66 bits per heavy atom. The topological polar surface area (TPSA) is 92.9 Å². The minimum Gasteiger partial charge on any atom is -0.500 e. The van der Waals surface area contributed by atoms with E-state index in [1.807, 2.05) is 0 Å². The summed E-state index contributed by atoms with van der Waals surface area (Å²) in [5, 5.41) is 3.61. The summed E-state index contributed by atoms with van der Waals surface area (Å²) in [6.07, 6.45) is -2.79. The molecule has 3 rings (SSSR count). The average Bonchev–Trinajstić information content (AvgIpc) is 3.25. The summed E-state index contributed by atoms with van der Waals surface area (Å²) in [7, 11) is 2.53. The molecule has 8 nitrogen and oxygen atoms in total. The Labute approximate surface area is 189 Å². The Morgan fingerprint density at radius 2 is 1.97 bits per heavy atom. The summed E-state index contributed by atoms with van der Waals surface area (Å²) in [6, 6.07) is 10.6. The summed E-state index contributed by atoms with van der Waals surface area (Å²) in [5.41, 5.74) is 0.951. The Bertz CT molecular complexity index is 1150. The number of methoxy groups -OCH3 is 2. The van der Waals surface area contributed by atoms with Gasteiger partial charge in [-0.05, 0) is 36.8 Å². The molecule has 0 amide bonds. The van der Waals surface area contributed by atoms with Crippen molar-refractivity contribution in [2.24, 2.45) is 0 Å². The second kappa shape index (κ2) is 9.77. The van der Waals surface area contributed by atoms with Gasteiger partial charge in [0, 0.05) is 10.0 Å². The van der Waals surface area contributed by atoms with Crippen LogP contribution in [0.25, 0.3) is 11.4 Å². The molecule has 11 heteroatoms. The molecule has 2 aromatic carbocycles.